The van der Waals surface area contributed by atoms with E-state index in [1.54, 1.807) is 6.33 Å². The van der Waals surface area contributed by atoms with Crippen molar-refractivity contribution in [2.75, 3.05) is 37.7 Å². The van der Waals surface area contributed by atoms with Gasteiger partial charge in [0.2, 0.25) is 0 Å². The molecule has 0 amide bonds. The predicted molar refractivity (Wildman–Crippen MR) is 133 cm³/mol. The van der Waals surface area contributed by atoms with Gasteiger partial charge in [0.25, 0.3) is 0 Å². The molecule has 4 aromatic rings. The third kappa shape index (κ3) is 4.24. The average Bonchev–Trinajstić information content (AvgIpc) is 3.34. The first-order chi connectivity index (χ1) is 16.2. The fraction of sp³-hybridized carbons (Fsp3) is 0.333. The fourth-order valence-corrected chi connectivity index (χ4v) is 5.01. The topological polar surface area (TPSA) is 68.3 Å². The fourth-order valence-electron chi connectivity index (χ4n) is 5.01. The second-order valence-electron chi connectivity index (χ2n) is 9.03. The van der Waals surface area contributed by atoms with E-state index in [9.17, 15) is 5.11 Å². The summed E-state index contributed by atoms with van der Waals surface area (Å²) in [5, 5.41) is 10.8. The maximum Gasteiger partial charge on any atom is 0.142 e. The minimum Gasteiger partial charge on any atom is -0.395 e. The second kappa shape index (κ2) is 9.33. The molecule has 1 aliphatic rings. The maximum absolute atomic E-state index is 9.73. The van der Waals surface area contributed by atoms with Crippen molar-refractivity contribution in [3.8, 4) is 11.1 Å². The Morgan fingerprint density at radius 3 is 2.79 bits per heavy atom. The van der Waals surface area contributed by atoms with Crippen molar-refractivity contribution in [3.63, 3.8) is 0 Å². The van der Waals surface area contributed by atoms with Gasteiger partial charge in [0.15, 0.2) is 0 Å². The zero-order valence-corrected chi connectivity index (χ0v) is 19.3. The molecule has 3 heterocycles. The summed E-state index contributed by atoms with van der Waals surface area (Å²) < 4.78 is 0. The molecule has 0 bridgehead atoms. The van der Waals surface area contributed by atoms with Crippen molar-refractivity contribution in [1.82, 2.24) is 19.9 Å². The van der Waals surface area contributed by atoms with Crippen LogP contribution in [0.4, 0.5) is 5.82 Å². The number of nitrogens with one attached hydrogen (secondary N) is 1. The molecule has 1 unspecified atom stereocenters. The molecular formula is C27H31N5O. The number of hydrogen-bond donors (Lipinski definition) is 2. The number of anilines is 1. The first-order valence-corrected chi connectivity index (χ1v) is 11.7. The number of aromatic amines is 1. The van der Waals surface area contributed by atoms with Crippen LogP contribution in [-0.4, -0.2) is 57.7 Å². The Morgan fingerprint density at radius 2 is 1.94 bits per heavy atom. The van der Waals surface area contributed by atoms with E-state index in [0.717, 1.165) is 36.5 Å². The number of fused-ring (bicyclic) bond motifs is 1. The normalized spacial score (nSPS) is 17.2. The Bertz CT molecular complexity index is 1230. The minimum atomic E-state index is 0.155. The van der Waals surface area contributed by atoms with Gasteiger partial charge < -0.3 is 15.0 Å². The minimum absolute atomic E-state index is 0.155. The van der Waals surface area contributed by atoms with Crippen molar-refractivity contribution in [3.05, 3.63) is 78.2 Å². The predicted octanol–water partition coefficient (Wildman–Crippen LogP) is 4.60. The molecule has 6 heteroatoms. The van der Waals surface area contributed by atoms with Crippen LogP contribution in [0.3, 0.4) is 0 Å². The molecular weight excluding hydrogens is 410 g/mol. The number of aromatic nitrogens is 3. The van der Waals surface area contributed by atoms with Gasteiger partial charge in [-0.3, -0.25) is 4.90 Å². The number of benzene rings is 2. The molecule has 2 N–H and O–H groups in total. The van der Waals surface area contributed by atoms with Gasteiger partial charge in [-0.25, -0.2) is 9.97 Å². The van der Waals surface area contributed by atoms with E-state index in [1.165, 1.54) is 22.3 Å². The van der Waals surface area contributed by atoms with Crippen LogP contribution in [0.25, 0.3) is 22.2 Å². The van der Waals surface area contributed by atoms with Gasteiger partial charge in [0.1, 0.15) is 17.8 Å². The van der Waals surface area contributed by atoms with E-state index in [2.05, 4.69) is 87.1 Å². The van der Waals surface area contributed by atoms with E-state index in [4.69, 9.17) is 0 Å². The van der Waals surface area contributed by atoms with Crippen LogP contribution in [0.5, 0.6) is 0 Å². The van der Waals surface area contributed by atoms with Crippen molar-refractivity contribution in [2.45, 2.75) is 25.8 Å². The largest absolute Gasteiger partial charge is 0.395 e. The Morgan fingerprint density at radius 1 is 1.06 bits per heavy atom. The lowest BCUT2D eigenvalue weighted by Crippen LogP contribution is -2.49. The molecule has 0 radical (unpaired) electrons. The highest BCUT2D eigenvalue weighted by molar-refractivity contribution is 5.87. The van der Waals surface area contributed by atoms with E-state index >= 15 is 0 Å². The zero-order valence-electron chi connectivity index (χ0n) is 19.3. The summed E-state index contributed by atoms with van der Waals surface area (Å²) in [4.78, 5) is 16.9. The number of piperazine rings is 1. The Labute approximate surface area is 194 Å². The highest BCUT2D eigenvalue weighted by Gasteiger charge is 2.30. The number of nitrogens with zero attached hydrogens (tertiary/aromatic N) is 4. The van der Waals surface area contributed by atoms with Crippen molar-refractivity contribution in [2.24, 2.45) is 0 Å². The SMILES string of the molecule is CC(C)c1ccccc1-c1cccc(C2CN(c3ncnc4[nH]ccc34)CCN2CCO)c1. The molecule has 1 aliphatic heterocycles. The van der Waals surface area contributed by atoms with E-state index in [1.807, 2.05) is 12.3 Å². The lowest BCUT2D eigenvalue weighted by Gasteiger charge is -2.42. The van der Waals surface area contributed by atoms with Crippen molar-refractivity contribution < 1.29 is 5.11 Å². The number of aliphatic hydroxyl groups is 1. The van der Waals surface area contributed by atoms with Crippen LogP contribution < -0.4 is 4.90 Å². The summed E-state index contributed by atoms with van der Waals surface area (Å²) in [5.74, 6) is 1.43. The number of H-pyrrole nitrogens is 1. The maximum atomic E-state index is 9.73. The number of rotatable bonds is 6. The van der Waals surface area contributed by atoms with Crippen molar-refractivity contribution in [1.29, 1.82) is 0 Å². The van der Waals surface area contributed by atoms with E-state index < -0.39 is 0 Å². The lowest BCUT2D eigenvalue weighted by molar-refractivity contribution is 0.137. The highest BCUT2D eigenvalue weighted by atomic mass is 16.3. The van der Waals surface area contributed by atoms with Crippen LogP contribution in [0.1, 0.15) is 36.9 Å². The molecule has 5 rings (SSSR count). The number of aliphatic hydroxyl groups excluding tert-OH is 1. The Hall–Kier alpha value is -3.22. The zero-order chi connectivity index (χ0) is 22.8. The smallest absolute Gasteiger partial charge is 0.142 e. The quantitative estimate of drug-likeness (QED) is 0.458. The van der Waals surface area contributed by atoms with E-state index in [0.29, 0.717) is 12.5 Å². The standard InChI is InChI=1S/C27H31N5O/c1-19(2)22-8-3-4-9-23(22)20-6-5-7-21(16-20)25-17-32(13-12-31(25)14-15-33)27-24-10-11-28-26(24)29-18-30-27/h3-11,16,18-19,25,33H,12-15,17H2,1-2H3,(H,28,29,30). The molecule has 1 saturated heterocycles. The number of hydrogen-bond acceptors (Lipinski definition) is 5. The van der Waals surface area contributed by atoms with Crippen LogP contribution in [0.15, 0.2) is 67.1 Å². The molecule has 33 heavy (non-hydrogen) atoms. The monoisotopic (exact) mass is 441 g/mol. The molecule has 0 saturated carbocycles. The third-order valence-electron chi connectivity index (χ3n) is 6.68. The van der Waals surface area contributed by atoms with Gasteiger partial charge in [-0.1, -0.05) is 56.3 Å². The van der Waals surface area contributed by atoms with E-state index in [-0.39, 0.29) is 12.6 Å². The third-order valence-corrected chi connectivity index (χ3v) is 6.68. The van der Waals surface area contributed by atoms with Gasteiger partial charge in [-0.05, 0) is 40.3 Å². The molecule has 170 valence electrons. The first kappa shape index (κ1) is 21.6. The number of β-amino-alcohol motifs (C(OH)–C–C–N with tert-alkyl or cyclic N) is 1. The lowest BCUT2D eigenvalue weighted by atomic mass is 9.90. The van der Waals surface area contributed by atoms with Crippen LogP contribution >= 0.6 is 0 Å². The Kier molecular flexibility index (Phi) is 6.11. The van der Waals surface area contributed by atoms with Crippen LogP contribution in [0, 0.1) is 0 Å². The summed E-state index contributed by atoms with van der Waals surface area (Å²) in [6.45, 7) is 7.85. The summed E-state index contributed by atoms with van der Waals surface area (Å²) >= 11 is 0. The summed E-state index contributed by atoms with van der Waals surface area (Å²) in [6.07, 6.45) is 3.55. The Balaban J connectivity index is 1.51. The summed E-state index contributed by atoms with van der Waals surface area (Å²) in [5.41, 5.74) is 6.03. The first-order valence-electron chi connectivity index (χ1n) is 11.7. The second-order valence-corrected chi connectivity index (χ2v) is 9.03. The summed E-state index contributed by atoms with van der Waals surface area (Å²) in [7, 11) is 0. The molecule has 0 aliphatic carbocycles. The molecule has 0 spiro atoms. The summed E-state index contributed by atoms with van der Waals surface area (Å²) in [6, 6.07) is 19.8. The van der Waals surface area contributed by atoms with Gasteiger partial charge in [0, 0.05) is 32.4 Å². The molecule has 6 nitrogen and oxygen atoms in total. The van der Waals surface area contributed by atoms with Crippen molar-refractivity contribution >= 4 is 16.9 Å². The molecule has 2 aromatic heterocycles. The van der Waals surface area contributed by atoms with Gasteiger partial charge in [-0.15, -0.1) is 0 Å². The highest BCUT2D eigenvalue weighted by Crippen LogP contribution is 2.34. The van der Waals surface area contributed by atoms with Gasteiger partial charge >= 0.3 is 0 Å². The molecule has 1 atom stereocenters. The van der Waals surface area contributed by atoms with Gasteiger partial charge in [0.05, 0.1) is 18.0 Å². The van der Waals surface area contributed by atoms with Crippen LogP contribution in [0.2, 0.25) is 0 Å². The molecule has 1 fully saturated rings. The average molecular weight is 442 g/mol. The molecule has 2 aromatic carbocycles. The van der Waals surface area contributed by atoms with Gasteiger partial charge in [-0.2, -0.15) is 0 Å². The van der Waals surface area contributed by atoms with Crippen LogP contribution in [-0.2, 0) is 0 Å².